The van der Waals surface area contributed by atoms with E-state index in [4.69, 9.17) is 12.2 Å². The van der Waals surface area contributed by atoms with E-state index in [9.17, 15) is 4.79 Å². The number of hydrogen-bond donors (Lipinski definition) is 2. The minimum absolute atomic E-state index is 0.245. The zero-order valence-corrected chi connectivity index (χ0v) is 15.3. The molecular weight excluding hydrogens is 360 g/mol. The molecule has 4 heterocycles. The first-order valence-corrected chi connectivity index (χ1v) is 9.23. The summed E-state index contributed by atoms with van der Waals surface area (Å²) in [6.45, 7) is 4.09. The van der Waals surface area contributed by atoms with Crippen LogP contribution >= 0.6 is 34.9 Å². The molecule has 0 aliphatic heterocycles. The van der Waals surface area contributed by atoms with Gasteiger partial charge in [-0.25, -0.2) is 9.97 Å². The van der Waals surface area contributed by atoms with Crippen molar-refractivity contribution < 1.29 is 0 Å². The summed E-state index contributed by atoms with van der Waals surface area (Å²) in [6.07, 6.45) is 0. The van der Waals surface area contributed by atoms with E-state index < -0.39 is 0 Å². The molecule has 0 fully saturated rings. The van der Waals surface area contributed by atoms with Gasteiger partial charge in [0.15, 0.2) is 15.9 Å². The Hall–Kier alpha value is -2.16. The van der Waals surface area contributed by atoms with Gasteiger partial charge in [0.1, 0.15) is 11.4 Å². The molecule has 0 bridgehead atoms. The molecule has 0 radical (unpaired) electrons. The van der Waals surface area contributed by atoms with E-state index >= 15 is 0 Å². The highest BCUT2D eigenvalue weighted by Gasteiger charge is 2.17. The van der Waals surface area contributed by atoms with E-state index in [1.54, 1.807) is 22.7 Å². The fourth-order valence-electron chi connectivity index (χ4n) is 2.45. The minimum atomic E-state index is -0.329. The Balaban J connectivity index is 2.10. The standard InChI is InChI=1S/C16H12N4OS3/c1-7-3-5-9(23-7)11-12(10-6-4-8(2)24-10)18-14-13(17-11)15(21)20-16(22)19-14/h3-6H,1-2H3,(H2,18,19,20,21,22). The molecule has 0 saturated heterocycles. The number of fused-ring (bicyclic) bond motifs is 1. The molecule has 0 aliphatic rings. The summed E-state index contributed by atoms with van der Waals surface area (Å²) in [5.74, 6) is 0. The highest BCUT2D eigenvalue weighted by atomic mass is 32.1. The van der Waals surface area contributed by atoms with Crippen LogP contribution in [-0.2, 0) is 0 Å². The van der Waals surface area contributed by atoms with Crippen molar-refractivity contribution in [3.05, 3.63) is 49.1 Å². The number of H-pyrrole nitrogens is 2. The average Bonchev–Trinajstić information content (AvgIpc) is 3.14. The quantitative estimate of drug-likeness (QED) is 0.510. The van der Waals surface area contributed by atoms with Crippen LogP contribution < -0.4 is 5.56 Å². The van der Waals surface area contributed by atoms with Crippen molar-refractivity contribution >= 4 is 46.1 Å². The van der Waals surface area contributed by atoms with Crippen LogP contribution in [0.5, 0.6) is 0 Å². The number of aryl methyl sites for hydroxylation is 2. The Labute approximate surface area is 150 Å². The van der Waals surface area contributed by atoms with Crippen LogP contribution in [0.25, 0.3) is 32.3 Å². The zero-order valence-electron chi connectivity index (χ0n) is 12.8. The predicted octanol–water partition coefficient (Wildman–Crippen LogP) is 4.45. The fraction of sp³-hybridized carbons (Fsp3) is 0.125. The summed E-state index contributed by atoms with van der Waals surface area (Å²) in [6, 6.07) is 8.13. The molecule has 0 atom stereocenters. The van der Waals surface area contributed by atoms with Crippen molar-refractivity contribution in [3.63, 3.8) is 0 Å². The van der Waals surface area contributed by atoms with Crippen molar-refractivity contribution in [2.24, 2.45) is 0 Å². The van der Waals surface area contributed by atoms with Crippen molar-refractivity contribution in [2.45, 2.75) is 13.8 Å². The molecule has 0 aromatic carbocycles. The van der Waals surface area contributed by atoms with E-state index in [1.165, 1.54) is 9.75 Å². The lowest BCUT2D eigenvalue weighted by Crippen LogP contribution is -2.11. The molecule has 120 valence electrons. The molecule has 0 aliphatic carbocycles. The van der Waals surface area contributed by atoms with Gasteiger partial charge >= 0.3 is 0 Å². The van der Waals surface area contributed by atoms with Gasteiger partial charge in [-0.3, -0.25) is 9.78 Å². The average molecular weight is 373 g/mol. The number of nitrogens with one attached hydrogen (secondary N) is 2. The SMILES string of the molecule is Cc1ccc(-c2nc3[nH]c(=S)[nH]c(=O)c3nc2-c2ccc(C)s2)s1. The highest BCUT2D eigenvalue weighted by Crippen LogP contribution is 2.36. The van der Waals surface area contributed by atoms with Gasteiger partial charge in [0.2, 0.25) is 0 Å². The van der Waals surface area contributed by atoms with Crippen LogP contribution in [0.2, 0.25) is 0 Å². The Morgan fingerprint density at radius 3 is 2.04 bits per heavy atom. The maximum absolute atomic E-state index is 12.2. The monoisotopic (exact) mass is 372 g/mol. The Morgan fingerprint density at radius 2 is 1.50 bits per heavy atom. The van der Waals surface area contributed by atoms with Crippen molar-refractivity contribution in [2.75, 3.05) is 0 Å². The lowest BCUT2D eigenvalue weighted by Gasteiger charge is -2.06. The summed E-state index contributed by atoms with van der Waals surface area (Å²) >= 11 is 8.33. The molecule has 0 amide bonds. The summed E-state index contributed by atoms with van der Waals surface area (Å²) in [5, 5.41) is 0. The van der Waals surface area contributed by atoms with E-state index in [0.717, 1.165) is 21.1 Å². The van der Waals surface area contributed by atoms with Crippen LogP contribution in [0.3, 0.4) is 0 Å². The number of nitrogens with zero attached hydrogens (tertiary/aromatic N) is 2. The van der Waals surface area contributed by atoms with Gasteiger partial charge < -0.3 is 4.98 Å². The first-order valence-electron chi connectivity index (χ1n) is 7.19. The van der Waals surface area contributed by atoms with E-state index in [-0.39, 0.29) is 15.8 Å². The summed E-state index contributed by atoms with van der Waals surface area (Å²) in [5.41, 5.74) is 1.82. The molecular formula is C16H12N4OS3. The minimum Gasteiger partial charge on any atom is -0.315 e. The number of aromatic amines is 2. The third-order valence-corrected chi connectivity index (χ3v) is 5.74. The van der Waals surface area contributed by atoms with E-state index in [0.29, 0.717) is 5.65 Å². The smallest absolute Gasteiger partial charge is 0.279 e. The number of hydrogen-bond acceptors (Lipinski definition) is 6. The van der Waals surface area contributed by atoms with Crippen molar-refractivity contribution in [1.29, 1.82) is 0 Å². The van der Waals surface area contributed by atoms with Crippen molar-refractivity contribution in [1.82, 2.24) is 19.9 Å². The third kappa shape index (κ3) is 2.62. The maximum atomic E-state index is 12.2. The van der Waals surface area contributed by atoms with E-state index in [1.807, 2.05) is 25.1 Å². The lowest BCUT2D eigenvalue weighted by molar-refractivity contribution is 1.09. The number of rotatable bonds is 2. The second-order valence-electron chi connectivity index (χ2n) is 5.35. The van der Waals surface area contributed by atoms with Gasteiger partial charge in [-0.1, -0.05) is 0 Å². The normalized spacial score (nSPS) is 11.2. The molecule has 0 saturated carbocycles. The van der Waals surface area contributed by atoms with Gasteiger partial charge in [-0.15, -0.1) is 22.7 Å². The van der Waals surface area contributed by atoms with Crippen LogP contribution in [-0.4, -0.2) is 19.9 Å². The van der Waals surface area contributed by atoms with Gasteiger partial charge in [0, 0.05) is 9.75 Å². The number of thiophene rings is 2. The Morgan fingerprint density at radius 1 is 0.917 bits per heavy atom. The second kappa shape index (κ2) is 5.73. The fourth-order valence-corrected chi connectivity index (χ4v) is 4.35. The Kier molecular flexibility index (Phi) is 3.67. The molecule has 8 heteroatoms. The zero-order chi connectivity index (χ0) is 16.8. The highest BCUT2D eigenvalue weighted by molar-refractivity contribution is 7.71. The summed E-state index contributed by atoms with van der Waals surface area (Å²) < 4.78 is 0.245. The summed E-state index contributed by atoms with van der Waals surface area (Å²) in [4.78, 5) is 31.4. The summed E-state index contributed by atoms with van der Waals surface area (Å²) in [7, 11) is 0. The van der Waals surface area contributed by atoms with E-state index in [2.05, 4.69) is 32.9 Å². The molecule has 2 N–H and O–H groups in total. The Bertz CT molecular complexity index is 1180. The van der Waals surface area contributed by atoms with Crippen LogP contribution in [0, 0.1) is 18.6 Å². The third-order valence-electron chi connectivity index (χ3n) is 3.52. The topological polar surface area (TPSA) is 74.4 Å². The van der Waals surface area contributed by atoms with Gasteiger partial charge in [0.25, 0.3) is 5.56 Å². The van der Waals surface area contributed by atoms with Crippen LogP contribution in [0.4, 0.5) is 0 Å². The molecule has 4 aromatic heterocycles. The first-order chi connectivity index (χ1) is 11.5. The molecule has 24 heavy (non-hydrogen) atoms. The predicted molar refractivity (Wildman–Crippen MR) is 101 cm³/mol. The molecule has 4 aromatic rings. The van der Waals surface area contributed by atoms with Crippen molar-refractivity contribution in [3.8, 4) is 21.1 Å². The van der Waals surface area contributed by atoms with Gasteiger partial charge in [-0.2, -0.15) is 0 Å². The maximum Gasteiger partial charge on any atom is 0.279 e. The molecule has 0 spiro atoms. The van der Waals surface area contributed by atoms with Crippen LogP contribution in [0.15, 0.2) is 29.1 Å². The molecule has 0 unspecified atom stereocenters. The number of aromatic nitrogens is 4. The van der Waals surface area contributed by atoms with Gasteiger partial charge in [0.05, 0.1) is 9.75 Å². The lowest BCUT2D eigenvalue weighted by atomic mass is 10.2. The van der Waals surface area contributed by atoms with Crippen LogP contribution in [0.1, 0.15) is 9.75 Å². The molecule has 5 nitrogen and oxygen atoms in total. The first kappa shape index (κ1) is 15.4. The second-order valence-corrected chi connectivity index (χ2v) is 8.33. The largest absolute Gasteiger partial charge is 0.315 e. The molecule has 4 rings (SSSR count). The van der Waals surface area contributed by atoms with Gasteiger partial charge in [-0.05, 0) is 50.3 Å².